The molecule has 0 aliphatic carbocycles. The van der Waals surface area contributed by atoms with Crippen molar-refractivity contribution in [3.05, 3.63) is 72.6 Å². The maximum Gasteiger partial charge on any atom is 0.245 e. The summed E-state index contributed by atoms with van der Waals surface area (Å²) in [6.07, 6.45) is 0.637. The lowest BCUT2D eigenvalue weighted by atomic mass is 10.1. The molecule has 4 aromatic rings. The summed E-state index contributed by atoms with van der Waals surface area (Å²) in [5.74, 6) is 1.68. The minimum atomic E-state index is -0.126. The first kappa shape index (κ1) is 19.9. The van der Waals surface area contributed by atoms with Crippen molar-refractivity contribution in [3.8, 4) is 5.75 Å². The van der Waals surface area contributed by atoms with Crippen LogP contribution in [-0.4, -0.2) is 42.3 Å². The summed E-state index contributed by atoms with van der Waals surface area (Å²) in [4.78, 5) is 16.4. The van der Waals surface area contributed by atoms with Gasteiger partial charge >= 0.3 is 0 Å². The second kappa shape index (κ2) is 9.41. The highest BCUT2D eigenvalue weighted by atomic mass is 16.5. The van der Waals surface area contributed by atoms with E-state index in [0.717, 1.165) is 33.4 Å². The van der Waals surface area contributed by atoms with E-state index in [1.54, 1.807) is 0 Å². The van der Waals surface area contributed by atoms with Crippen molar-refractivity contribution < 1.29 is 14.3 Å². The first-order valence-corrected chi connectivity index (χ1v) is 10.1. The number of para-hydroxylation sites is 2. The average Bonchev–Trinajstić information content (AvgIpc) is 3.11. The van der Waals surface area contributed by atoms with Crippen molar-refractivity contribution in [3.63, 3.8) is 0 Å². The van der Waals surface area contributed by atoms with Crippen molar-refractivity contribution in [2.45, 2.75) is 13.0 Å². The number of nitrogens with one attached hydrogen (secondary N) is 1. The maximum absolute atomic E-state index is 11.6. The van der Waals surface area contributed by atoms with E-state index in [2.05, 4.69) is 34.1 Å². The van der Waals surface area contributed by atoms with E-state index in [1.807, 2.05) is 42.5 Å². The van der Waals surface area contributed by atoms with Gasteiger partial charge in [-0.3, -0.25) is 4.79 Å². The summed E-state index contributed by atoms with van der Waals surface area (Å²) in [5.41, 5.74) is 2.01. The molecule has 1 aromatic heterocycles. The van der Waals surface area contributed by atoms with Gasteiger partial charge in [-0.15, -0.1) is 0 Å². The largest absolute Gasteiger partial charge is 0.491 e. The zero-order chi connectivity index (χ0) is 20.8. The second-order valence-electron chi connectivity index (χ2n) is 7.03. The number of amides is 1. The molecule has 0 spiro atoms. The fourth-order valence-corrected chi connectivity index (χ4v) is 3.63. The summed E-state index contributed by atoms with van der Waals surface area (Å²) in [6.45, 7) is 1.77. The molecule has 1 N–H and O–H groups in total. The third-order valence-electron chi connectivity index (χ3n) is 5.00. The van der Waals surface area contributed by atoms with Gasteiger partial charge in [0.25, 0.3) is 0 Å². The van der Waals surface area contributed by atoms with Crippen molar-refractivity contribution in [2.75, 3.05) is 26.9 Å². The van der Waals surface area contributed by atoms with Gasteiger partial charge in [0.2, 0.25) is 5.91 Å². The molecule has 0 aliphatic rings. The van der Waals surface area contributed by atoms with E-state index in [9.17, 15) is 4.79 Å². The maximum atomic E-state index is 11.6. The number of methoxy groups -OCH3 is 1. The highest BCUT2D eigenvalue weighted by molar-refractivity contribution is 5.88. The van der Waals surface area contributed by atoms with E-state index < -0.39 is 0 Å². The molecule has 0 fully saturated rings. The molecule has 0 unspecified atom stereocenters. The summed E-state index contributed by atoms with van der Waals surface area (Å²) in [5, 5.41) is 5.13. The van der Waals surface area contributed by atoms with Gasteiger partial charge in [-0.1, -0.05) is 48.5 Å². The molecule has 1 heterocycles. The van der Waals surface area contributed by atoms with Crippen LogP contribution < -0.4 is 10.1 Å². The Morgan fingerprint density at radius 1 is 1.03 bits per heavy atom. The first-order valence-electron chi connectivity index (χ1n) is 10.1. The van der Waals surface area contributed by atoms with Gasteiger partial charge in [-0.05, 0) is 23.6 Å². The molecule has 0 aliphatic heterocycles. The number of hydrogen-bond donors (Lipinski definition) is 1. The van der Waals surface area contributed by atoms with E-state index >= 15 is 0 Å². The number of fused-ring (bicyclic) bond motifs is 2. The van der Waals surface area contributed by atoms with Gasteiger partial charge < -0.3 is 19.4 Å². The molecule has 0 radical (unpaired) electrons. The molecule has 154 valence electrons. The van der Waals surface area contributed by atoms with Crippen molar-refractivity contribution >= 4 is 27.7 Å². The normalized spacial score (nSPS) is 11.1. The van der Waals surface area contributed by atoms with Gasteiger partial charge in [-0.25, -0.2) is 4.98 Å². The van der Waals surface area contributed by atoms with Crippen LogP contribution in [0.4, 0.5) is 0 Å². The van der Waals surface area contributed by atoms with Crippen LogP contribution in [0.3, 0.4) is 0 Å². The quantitative estimate of drug-likeness (QED) is 0.464. The topological polar surface area (TPSA) is 65.4 Å². The highest BCUT2D eigenvalue weighted by Crippen LogP contribution is 2.25. The SMILES string of the molecule is COCC(=O)NCCc1nc2ccccc2n1CCOc1cccc2ccccc12. The predicted molar refractivity (Wildman–Crippen MR) is 118 cm³/mol. The van der Waals surface area contributed by atoms with Crippen LogP contribution in [-0.2, 0) is 22.5 Å². The molecule has 0 bridgehead atoms. The lowest BCUT2D eigenvalue weighted by molar-refractivity contribution is -0.124. The standard InChI is InChI=1S/C24H25N3O3/c1-29-17-24(28)25-14-13-23-26-20-10-4-5-11-21(20)27(23)15-16-30-22-12-6-8-18-7-2-3-9-19(18)22/h2-12H,13-17H2,1H3,(H,25,28). The van der Waals surface area contributed by atoms with E-state index in [-0.39, 0.29) is 12.5 Å². The average molecular weight is 403 g/mol. The number of carbonyl (C=O) groups excluding carboxylic acids is 1. The summed E-state index contributed by atoms with van der Waals surface area (Å²) < 4.78 is 13.2. The van der Waals surface area contributed by atoms with Gasteiger partial charge in [0.15, 0.2) is 0 Å². The summed E-state index contributed by atoms with van der Waals surface area (Å²) >= 11 is 0. The Labute approximate surface area is 175 Å². The van der Waals surface area contributed by atoms with Crippen LogP contribution >= 0.6 is 0 Å². The predicted octanol–water partition coefficient (Wildman–Crippen LogP) is 3.57. The Morgan fingerprint density at radius 2 is 1.83 bits per heavy atom. The summed E-state index contributed by atoms with van der Waals surface area (Å²) in [7, 11) is 1.51. The number of carbonyl (C=O) groups is 1. The molecular formula is C24H25N3O3. The molecule has 3 aromatic carbocycles. The Balaban J connectivity index is 1.48. The van der Waals surface area contributed by atoms with Gasteiger partial charge in [0.1, 0.15) is 24.8 Å². The molecule has 1 amide bonds. The first-order chi connectivity index (χ1) is 14.8. The van der Waals surface area contributed by atoms with Crippen molar-refractivity contribution in [1.29, 1.82) is 0 Å². The molecule has 0 atom stereocenters. The molecule has 0 saturated heterocycles. The zero-order valence-corrected chi connectivity index (χ0v) is 17.0. The van der Waals surface area contributed by atoms with E-state index in [1.165, 1.54) is 7.11 Å². The minimum absolute atomic E-state index is 0.0648. The van der Waals surface area contributed by atoms with Crippen LogP contribution in [0.1, 0.15) is 5.82 Å². The monoisotopic (exact) mass is 403 g/mol. The Kier molecular flexibility index (Phi) is 6.25. The number of imidazole rings is 1. The number of rotatable bonds is 9. The van der Waals surface area contributed by atoms with Crippen LogP contribution in [0.5, 0.6) is 5.75 Å². The van der Waals surface area contributed by atoms with Crippen LogP contribution in [0.15, 0.2) is 66.7 Å². The Hall–Kier alpha value is -3.38. The van der Waals surface area contributed by atoms with Crippen LogP contribution in [0, 0.1) is 0 Å². The number of benzene rings is 3. The Bertz CT molecular complexity index is 1150. The van der Waals surface area contributed by atoms with Crippen molar-refractivity contribution in [2.24, 2.45) is 0 Å². The number of ether oxygens (including phenoxy) is 2. The van der Waals surface area contributed by atoms with E-state index in [0.29, 0.717) is 26.1 Å². The highest BCUT2D eigenvalue weighted by Gasteiger charge is 2.11. The van der Waals surface area contributed by atoms with E-state index in [4.69, 9.17) is 14.5 Å². The van der Waals surface area contributed by atoms with Crippen LogP contribution in [0.25, 0.3) is 21.8 Å². The molecule has 6 nitrogen and oxygen atoms in total. The van der Waals surface area contributed by atoms with Crippen LogP contribution in [0.2, 0.25) is 0 Å². The number of aromatic nitrogens is 2. The molecule has 30 heavy (non-hydrogen) atoms. The van der Waals surface area contributed by atoms with Crippen molar-refractivity contribution in [1.82, 2.24) is 14.9 Å². The minimum Gasteiger partial charge on any atom is -0.491 e. The zero-order valence-electron chi connectivity index (χ0n) is 17.0. The molecule has 6 heteroatoms. The molecule has 4 rings (SSSR count). The fourth-order valence-electron chi connectivity index (χ4n) is 3.63. The third-order valence-corrected chi connectivity index (χ3v) is 5.00. The number of hydrogen-bond acceptors (Lipinski definition) is 4. The molecule has 0 saturated carbocycles. The second-order valence-corrected chi connectivity index (χ2v) is 7.03. The van der Waals surface area contributed by atoms with Gasteiger partial charge in [-0.2, -0.15) is 0 Å². The summed E-state index contributed by atoms with van der Waals surface area (Å²) in [6, 6.07) is 22.4. The third kappa shape index (κ3) is 4.44. The lowest BCUT2D eigenvalue weighted by Gasteiger charge is -2.12. The van der Waals surface area contributed by atoms with Gasteiger partial charge in [0.05, 0.1) is 17.6 Å². The molecular weight excluding hydrogens is 378 g/mol. The number of nitrogens with zero attached hydrogens (tertiary/aromatic N) is 2. The fraction of sp³-hybridized carbons (Fsp3) is 0.250. The lowest BCUT2D eigenvalue weighted by Crippen LogP contribution is -2.29. The Morgan fingerprint density at radius 3 is 2.73 bits per heavy atom. The smallest absolute Gasteiger partial charge is 0.245 e. The van der Waals surface area contributed by atoms with Gasteiger partial charge in [0, 0.05) is 25.5 Å².